The van der Waals surface area contributed by atoms with E-state index in [4.69, 9.17) is 6.42 Å². The molecule has 0 spiro atoms. The van der Waals surface area contributed by atoms with Crippen molar-refractivity contribution in [1.82, 2.24) is 5.32 Å². The summed E-state index contributed by atoms with van der Waals surface area (Å²) in [6, 6.07) is 6.78. The Hall–Kier alpha value is -1.46. The van der Waals surface area contributed by atoms with Crippen molar-refractivity contribution >= 4 is 5.69 Å². The average molecular weight is 228 g/mol. The minimum Gasteiger partial charge on any atom is -0.374 e. The number of rotatable bonds is 4. The van der Waals surface area contributed by atoms with Crippen molar-refractivity contribution in [3.05, 3.63) is 29.3 Å². The molecule has 2 nitrogen and oxygen atoms in total. The summed E-state index contributed by atoms with van der Waals surface area (Å²) < 4.78 is 0. The van der Waals surface area contributed by atoms with E-state index < -0.39 is 0 Å². The first kappa shape index (κ1) is 12.0. The highest BCUT2D eigenvalue weighted by Crippen LogP contribution is 2.26. The fourth-order valence-electron chi connectivity index (χ4n) is 2.34. The van der Waals surface area contributed by atoms with Crippen molar-refractivity contribution < 1.29 is 0 Å². The van der Waals surface area contributed by atoms with Crippen molar-refractivity contribution in [2.75, 3.05) is 25.0 Å². The zero-order valence-corrected chi connectivity index (χ0v) is 10.5. The predicted molar refractivity (Wildman–Crippen MR) is 73.2 cm³/mol. The zero-order valence-electron chi connectivity index (χ0n) is 10.5. The van der Waals surface area contributed by atoms with Crippen LogP contribution < -0.4 is 10.2 Å². The van der Waals surface area contributed by atoms with Gasteiger partial charge >= 0.3 is 0 Å². The van der Waals surface area contributed by atoms with Gasteiger partial charge in [-0.1, -0.05) is 12.1 Å². The van der Waals surface area contributed by atoms with Gasteiger partial charge in [0.15, 0.2) is 0 Å². The second-order valence-corrected chi connectivity index (χ2v) is 4.62. The van der Waals surface area contributed by atoms with Crippen LogP contribution in [-0.4, -0.2) is 20.1 Å². The first-order chi connectivity index (χ1) is 8.31. The maximum absolute atomic E-state index is 5.22. The third-order valence-corrected chi connectivity index (χ3v) is 3.27. The lowest BCUT2D eigenvalue weighted by Gasteiger charge is -2.27. The summed E-state index contributed by atoms with van der Waals surface area (Å²) >= 11 is 0. The topological polar surface area (TPSA) is 15.3 Å². The van der Waals surface area contributed by atoms with Crippen molar-refractivity contribution in [1.29, 1.82) is 0 Å². The molecule has 0 saturated carbocycles. The fourth-order valence-corrected chi connectivity index (χ4v) is 2.34. The Morgan fingerprint density at radius 1 is 1.47 bits per heavy atom. The fraction of sp³-hybridized carbons (Fsp3) is 0.467. The second kappa shape index (κ2) is 5.75. The number of terminal acetylenes is 1. The van der Waals surface area contributed by atoms with Gasteiger partial charge in [-0.15, -0.1) is 12.3 Å². The van der Waals surface area contributed by atoms with Crippen LogP contribution >= 0.6 is 0 Å². The molecule has 0 aliphatic carbocycles. The number of hydrogen-bond donors (Lipinski definition) is 1. The Kier molecular flexibility index (Phi) is 4.06. The van der Waals surface area contributed by atoms with Gasteiger partial charge < -0.3 is 10.2 Å². The molecule has 0 fully saturated rings. The van der Waals surface area contributed by atoms with Crippen LogP contribution in [0, 0.1) is 12.3 Å². The van der Waals surface area contributed by atoms with Crippen LogP contribution in [0.4, 0.5) is 5.69 Å². The summed E-state index contributed by atoms with van der Waals surface area (Å²) in [5.41, 5.74) is 4.23. The molecule has 0 amide bonds. The van der Waals surface area contributed by atoms with Gasteiger partial charge in [0.2, 0.25) is 0 Å². The molecule has 0 saturated heterocycles. The molecule has 17 heavy (non-hydrogen) atoms. The minimum absolute atomic E-state index is 0.799. The third-order valence-electron chi connectivity index (χ3n) is 3.27. The van der Waals surface area contributed by atoms with Gasteiger partial charge in [0.05, 0.1) is 0 Å². The van der Waals surface area contributed by atoms with Crippen LogP contribution in [0.15, 0.2) is 18.2 Å². The maximum atomic E-state index is 5.22. The number of benzene rings is 1. The first-order valence-electron chi connectivity index (χ1n) is 6.28. The van der Waals surface area contributed by atoms with Gasteiger partial charge in [0.1, 0.15) is 0 Å². The quantitative estimate of drug-likeness (QED) is 0.627. The first-order valence-corrected chi connectivity index (χ1v) is 6.28. The Balaban J connectivity index is 1.99. The summed E-state index contributed by atoms with van der Waals surface area (Å²) in [6.45, 7) is 2.99. The van der Waals surface area contributed by atoms with Gasteiger partial charge in [0.25, 0.3) is 0 Å². The number of fused-ring (bicyclic) bond motifs is 1. The molecule has 1 aliphatic heterocycles. The van der Waals surface area contributed by atoms with E-state index in [0.717, 1.165) is 19.5 Å². The molecule has 2 rings (SSSR count). The largest absolute Gasteiger partial charge is 0.374 e. The predicted octanol–water partition coefficient (Wildman–Crippen LogP) is 2.18. The molecule has 0 atom stereocenters. The van der Waals surface area contributed by atoms with E-state index >= 15 is 0 Å². The smallest absolute Gasteiger partial charge is 0.0396 e. The van der Waals surface area contributed by atoms with Crippen LogP contribution in [0.2, 0.25) is 0 Å². The molecular weight excluding hydrogens is 208 g/mol. The highest BCUT2D eigenvalue weighted by Gasteiger charge is 2.13. The normalized spacial score (nSPS) is 14.2. The number of aryl methyl sites for hydroxylation is 1. The van der Waals surface area contributed by atoms with Gasteiger partial charge in [0, 0.05) is 38.8 Å². The summed E-state index contributed by atoms with van der Waals surface area (Å²) in [5, 5.41) is 3.36. The lowest BCUT2D eigenvalue weighted by Crippen LogP contribution is -2.25. The van der Waals surface area contributed by atoms with E-state index in [1.165, 1.54) is 36.2 Å². The molecular formula is C15H20N2. The highest BCUT2D eigenvalue weighted by atomic mass is 15.1. The lowest BCUT2D eigenvalue weighted by molar-refractivity contribution is 0.696. The van der Waals surface area contributed by atoms with E-state index in [0.29, 0.717) is 0 Å². The van der Waals surface area contributed by atoms with Gasteiger partial charge in [-0.05, 0) is 30.0 Å². The number of nitrogens with one attached hydrogen (secondary N) is 1. The van der Waals surface area contributed by atoms with Crippen LogP contribution in [0.25, 0.3) is 0 Å². The van der Waals surface area contributed by atoms with Crippen LogP contribution in [0.1, 0.15) is 24.0 Å². The van der Waals surface area contributed by atoms with E-state index in [1.54, 1.807) is 0 Å². The summed E-state index contributed by atoms with van der Waals surface area (Å²) in [7, 11) is 2.17. The molecule has 0 unspecified atom stereocenters. The van der Waals surface area contributed by atoms with Crippen molar-refractivity contribution in [2.24, 2.45) is 0 Å². The molecule has 0 aromatic heterocycles. The number of hydrogen-bond acceptors (Lipinski definition) is 2. The Bertz CT molecular complexity index is 417. The second-order valence-electron chi connectivity index (χ2n) is 4.62. The summed E-state index contributed by atoms with van der Waals surface area (Å²) in [5.74, 6) is 2.64. The van der Waals surface area contributed by atoms with Crippen LogP contribution in [-0.2, 0) is 13.0 Å². The monoisotopic (exact) mass is 228 g/mol. The number of anilines is 1. The van der Waals surface area contributed by atoms with Crippen molar-refractivity contribution in [2.45, 2.75) is 25.8 Å². The Morgan fingerprint density at radius 2 is 2.35 bits per heavy atom. The Labute approximate surface area is 104 Å². The zero-order chi connectivity index (χ0) is 12.1. The minimum atomic E-state index is 0.799. The standard InChI is InChI=1S/C15H20N2/c1-3-4-9-16-12-13-7-8-15-14(11-13)6-5-10-17(15)2/h1,7-8,11,16H,4-6,9-10,12H2,2H3. The SMILES string of the molecule is C#CCCNCc1ccc2c(c1)CCCN2C. The molecule has 1 N–H and O–H groups in total. The number of nitrogens with zero attached hydrogens (tertiary/aromatic N) is 1. The Morgan fingerprint density at radius 3 is 3.18 bits per heavy atom. The summed E-state index contributed by atoms with van der Waals surface area (Å²) in [4.78, 5) is 2.34. The molecule has 2 heteroatoms. The van der Waals surface area contributed by atoms with Gasteiger partial charge in [-0.3, -0.25) is 0 Å². The lowest BCUT2D eigenvalue weighted by atomic mass is 9.99. The van der Waals surface area contributed by atoms with E-state index in [1.807, 2.05) is 0 Å². The van der Waals surface area contributed by atoms with E-state index in [2.05, 4.69) is 41.4 Å². The van der Waals surface area contributed by atoms with Crippen molar-refractivity contribution in [3.8, 4) is 12.3 Å². The average Bonchev–Trinajstić information content (AvgIpc) is 2.35. The molecule has 1 heterocycles. The van der Waals surface area contributed by atoms with Crippen molar-refractivity contribution in [3.63, 3.8) is 0 Å². The molecule has 1 aromatic carbocycles. The third kappa shape index (κ3) is 3.01. The molecule has 1 aliphatic rings. The maximum Gasteiger partial charge on any atom is 0.0396 e. The summed E-state index contributed by atoms with van der Waals surface area (Å²) in [6.07, 6.45) is 8.49. The van der Waals surface area contributed by atoms with E-state index in [-0.39, 0.29) is 0 Å². The molecule has 0 bridgehead atoms. The van der Waals surface area contributed by atoms with Crippen LogP contribution in [0.5, 0.6) is 0 Å². The molecule has 1 aromatic rings. The van der Waals surface area contributed by atoms with Crippen LogP contribution in [0.3, 0.4) is 0 Å². The highest BCUT2D eigenvalue weighted by molar-refractivity contribution is 5.56. The van der Waals surface area contributed by atoms with Gasteiger partial charge in [-0.25, -0.2) is 0 Å². The molecule has 90 valence electrons. The van der Waals surface area contributed by atoms with Gasteiger partial charge in [-0.2, -0.15) is 0 Å². The molecule has 0 radical (unpaired) electrons. The van der Waals surface area contributed by atoms with E-state index in [9.17, 15) is 0 Å².